The molecule has 0 fully saturated rings. The van der Waals surface area contributed by atoms with Crippen molar-refractivity contribution in [3.8, 4) is 5.69 Å². The van der Waals surface area contributed by atoms with Gasteiger partial charge in [0.15, 0.2) is 0 Å². The number of rotatable bonds is 6. The number of amides is 1. The van der Waals surface area contributed by atoms with Gasteiger partial charge in [0, 0.05) is 6.20 Å². The number of esters is 1. The lowest BCUT2D eigenvalue weighted by Gasteiger charge is -2.23. The molecule has 2 aromatic carbocycles. The molecule has 3 rings (SSSR count). The van der Waals surface area contributed by atoms with Crippen LogP contribution in [0, 0.1) is 5.92 Å². The van der Waals surface area contributed by atoms with E-state index in [1.54, 1.807) is 23.9 Å². The number of hydrogen-bond donors (Lipinski definition) is 1. The zero-order valence-electron chi connectivity index (χ0n) is 15.5. The topological polar surface area (TPSA) is 73.2 Å². The highest BCUT2D eigenvalue weighted by Gasteiger charge is 2.28. The molecule has 0 radical (unpaired) electrons. The minimum atomic E-state index is -0.560. The molecule has 0 spiro atoms. The summed E-state index contributed by atoms with van der Waals surface area (Å²) in [6.45, 7) is 1.72. The number of aromatic nitrogens is 2. The van der Waals surface area contributed by atoms with Gasteiger partial charge in [0.25, 0.3) is 5.91 Å². The number of nitrogens with one attached hydrogen (secondary N) is 1. The third kappa shape index (κ3) is 4.23. The van der Waals surface area contributed by atoms with Gasteiger partial charge in [-0.15, -0.1) is 0 Å². The molecule has 3 aromatic rings. The van der Waals surface area contributed by atoms with Crippen LogP contribution in [0.5, 0.6) is 0 Å². The number of benzene rings is 2. The fraction of sp³-hybridized carbons (Fsp3) is 0.190. The van der Waals surface area contributed by atoms with Crippen LogP contribution < -0.4 is 5.32 Å². The summed E-state index contributed by atoms with van der Waals surface area (Å²) in [6, 6.07) is 16.0. The summed E-state index contributed by atoms with van der Waals surface area (Å²) in [5.41, 5.74) is 1.84. The van der Waals surface area contributed by atoms with Crippen molar-refractivity contribution >= 4 is 23.5 Å². The number of nitrogens with zero attached hydrogens (tertiary/aromatic N) is 2. The molecule has 7 heteroatoms. The Labute approximate surface area is 168 Å². The Balaban J connectivity index is 1.85. The summed E-state index contributed by atoms with van der Waals surface area (Å²) in [7, 11) is 1.33. The van der Waals surface area contributed by atoms with Crippen LogP contribution in [0.1, 0.15) is 28.9 Å². The molecule has 1 amide bonds. The van der Waals surface area contributed by atoms with E-state index < -0.39 is 17.9 Å². The van der Waals surface area contributed by atoms with Crippen LogP contribution in [0.3, 0.4) is 0 Å². The van der Waals surface area contributed by atoms with Gasteiger partial charge in [0.05, 0.1) is 41.5 Å². The summed E-state index contributed by atoms with van der Waals surface area (Å²) in [4.78, 5) is 24.9. The first kappa shape index (κ1) is 19.6. The first-order valence-electron chi connectivity index (χ1n) is 8.74. The Morgan fingerprint density at radius 2 is 1.79 bits per heavy atom. The second kappa shape index (κ2) is 8.71. The molecular formula is C21H20ClN3O3. The minimum Gasteiger partial charge on any atom is -0.469 e. The maximum atomic E-state index is 12.8. The lowest BCUT2D eigenvalue weighted by atomic mass is 9.94. The normalized spacial score (nSPS) is 12.8. The second-order valence-corrected chi connectivity index (χ2v) is 6.71. The first-order valence-corrected chi connectivity index (χ1v) is 9.12. The molecule has 0 aliphatic carbocycles. The quantitative estimate of drug-likeness (QED) is 0.642. The Kier molecular flexibility index (Phi) is 6.11. The monoisotopic (exact) mass is 397 g/mol. The fourth-order valence-corrected chi connectivity index (χ4v) is 3.14. The maximum absolute atomic E-state index is 12.8. The molecule has 0 saturated heterocycles. The molecule has 1 aromatic heterocycles. The van der Waals surface area contributed by atoms with E-state index in [0.717, 1.165) is 5.56 Å². The van der Waals surface area contributed by atoms with E-state index in [9.17, 15) is 9.59 Å². The molecule has 1 N–H and O–H groups in total. The van der Waals surface area contributed by atoms with Crippen LogP contribution in [-0.2, 0) is 9.53 Å². The molecule has 0 aliphatic heterocycles. The number of ether oxygens (including phenoxy) is 1. The van der Waals surface area contributed by atoms with Crippen molar-refractivity contribution in [3.63, 3.8) is 0 Å². The summed E-state index contributed by atoms with van der Waals surface area (Å²) in [5.74, 6) is -1.31. The van der Waals surface area contributed by atoms with Crippen molar-refractivity contribution in [2.45, 2.75) is 13.0 Å². The third-order valence-electron chi connectivity index (χ3n) is 4.46. The average Bonchev–Trinajstić information content (AvgIpc) is 3.22. The number of carbonyl (C=O) groups is 2. The minimum absolute atomic E-state index is 0.345. The number of halogens is 1. The largest absolute Gasteiger partial charge is 0.469 e. The van der Waals surface area contributed by atoms with Crippen molar-refractivity contribution in [2.24, 2.45) is 5.92 Å². The standard InChI is InChI=1S/C21H20ClN3O3/c1-14(21(27)28-2)19(15-8-4-3-5-9-15)24-20(26)16-12-23-25(13-16)18-11-7-6-10-17(18)22/h3-14,19H,1-2H3,(H,24,26)/t14-,19+/m1/s1. The Hall–Kier alpha value is -3.12. The van der Waals surface area contributed by atoms with Crippen molar-refractivity contribution in [3.05, 3.63) is 83.1 Å². The number of methoxy groups -OCH3 is 1. The number of para-hydroxylation sites is 1. The highest BCUT2D eigenvalue weighted by Crippen LogP contribution is 2.24. The Morgan fingerprint density at radius 1 is 1.11 bits per heavy atom. The summed E-state index contributed by atoms with van der Waals surface area (Å²) >= 11 is 6.19. The predicted molar refractivity (Wildman–Crippen MR) is 106 cm³/mol. The van der Waals surface area contributed by atoms with Crippen LogP contribution in [0.15, 0.2) is 67.0 Å². The van der Waals surface area contributed by atoms with Gasteiger partial charge in [0.1, 0.15) is 0 Å². The van der Waals surface area contributed by atoms with Crippen molar-refractivity contribution in [2.75, 3.05) is 7.11 Å². The second-order valence-electron chi connectivity index (χ2n) is 6.30. The van der Waals surface area contributed by atoms with Crippen LogP contribution in [0.25, 0.3) is 5.69 Å². The Bertz CT molecular complexity index is 972. The van der Waals surface area contributed by atoms with E-state index in [1.165, 1.54) is 13.3 Å². The zero-order chi connectivity index (χ0) is 20.1. The van der Waals surface area contributed by atoms with Crippen molar-refractivity contribution < 1.29 is 14.3 Å². The maximum Gasteiger partial charge on any atom is 0.310 e. The molecule has 1 heterocycles. The molecule has 0 aliphatic rings. The molecule has 28 heavy (non-hydrogen) atoms. The molecule has 0 bridgehead atoms. The molecule has 0 unspecified atom stereocenters. The van der Waals surface area contributed by atoms with E-state index in [2.05, 4.69) is 10.4 Å². The van der Waals surface area contributed by atoms with E-state index >= 15 is 0 Å². The van der Waals surface area contributed by atoms with E-state index in [4.69, 9.17) is 16.3 Å². The van der Waals surface area contributed by atoms with Gasteiger partial charge in [-0.05, 0) is 24.6 Å². The van der Waals surface area contributed by atoms with Gasteiger partial charge < -0.3 is 10.1 Å². The first-order chi connectivity index (χ1) is 13.5. The van der Waals surface area contributed by atoms with Crippen LogP contribution in [0.2, 0.25) is 5.02 Å². The molecule has 6 nitrogen and oxygen atoms in total. The van der Waals surface area contributed by atoms with Gasteiger partial charge in [0.2, 0.25) is 0 Å². The highest BCUT2D eigenvalue weighted by molar-refractivity contribution is 6.32. The molecule has 0 saturated carbocycles. The smallest absolute Gasteiger partial charge is 0.310 e. The van der Waals surface area contributed by atoms with E-state index in [1.807, 2.05) is 48.5 Å². The average molecular weight is 398 g/mol. The lowest BCUT2D eigenvalue weighted by molar-refractivity contribution is -0.145. The van der Waals surface area contributed by atoms with Gasteiger partial charge in [-0.1, -0.05) is 54.1 Å². The molecule has 2 atom stereocenters. The summed E-state index contributed by atoms with van der Waals surface area (Å²) < 4.78 is 6.40. The van der Waals surface area contributed by atoms with Gasteiger partial charge in [-0.25, -0.2) is 4.68 Å². The number of carbonyl (C=O) groups excluding carboxylic acids is 2. The zero-order valence-corrected chi connectivity index (χ0v) is 16.3. The summed E-state index contributed by atoms with van der Waals surface area (Å²) in [5, 5.41) is 7.67. The third-order valence-corrected chi connectivity index (χ3v) is 4.78. The number of hydrogen-bond acceptors (Lipinski definition) is 4. The van der Waals surface area contributed by atoms with E-state index in [-0.39, 0.29) is 5.91 Å². The van der Waals surface area contributed by atoms with Crippen LogP contribution in [0.4, 0.5) is 0 Å². The lowest BCUT2D eigenvalue weighted by Crippen LogP contribution is -2.36. The van der Waals surface area contributed by atoms with Gasteiger partial charge in [-0.3, -0.25) is 9.59 Å². The van der Waals surface area contributed by atoms with Crippen LogP contribution in [-0.4, -0.2) is 28.8 Å². The SMILES string of the molecule is COC(=O)[C@H](C)[C@H](NC(=O)c1cnn(-c2ccccc2Cl)c1)c1ccccc1. The van der Waals surface area contributed by atoms with Gasteiger partial charge in [-0.2, -0.15) is 5.10 Å². The van der Waals surface area contributed by atoms with Crippen LogP contribution >= 0.6 is 11.6 Å². The Morgan fingerprint density at radius 3 is 2.46 bits per heavy atom. The van der Waals surface area contributed by atoms with Crippen molar-refractivity contribution in [1.82, 2.24) is 15.1 Å². The van der Waals surface area contributed by atoms with Crippen molar-refractivity contribution in [1.29, 1.82) is 0 Å². The summed E-state index contributed by atoms with van der Waals surface area (Å²) in [6.07, 6.45) is 3.06. The molecule has 144 valence electrons. The predicted octanol–water partition coefficient (Wildman–Crippen LogP) is 3.81. The van der Waals surface area contributed by atoms with Gasteiger partial charge >= 0.3 is 5.97 Å². The fourth-order valence-electron chi connectivity index (χ4n) is 2.91. The van der Waals surface area contributed by atoms with E-state index in [0.29, 0.717) is 16.3 Å². The highest BCUT2D eigenvalue weighted by atomic mass is 35.5. The molecular weight excluding hydrogens is 378 g/mol.